The van der Waals surface area contributed by atoms with Crippen molar-refractivity contribution in [1.29, 1.82) is 0 Å². The van der Waals surface area contributed by atoms with Crippen molar-refractivity contribution in [1.82, 2.24) is 14.3 Å². The van der Waals surface area contributed by atoms with Crippen LogP contribution in [0.2, 0.25) is 5.02 Å². The molecule has 4 rings (SSSR count). The summed E-state index contributed by atoms with van der Waals surface area (Å²) in [4.78, 5) is 27.8. The summed E-state index contributed by atoms with van der Waals surface area (Å²) in [7, 11) is 3.38. The zero-order valence-corrected chi connectivity index (χ0v) is 20.8. The third-order valence-corrected chi connectivity index (χ3v) is 5.69. The first-order valence-corrected chi connectivity index (χ1v) is 11.1. The van der Waals surface area contributed by atoms with Gasteiger partial charge in [-0.15, -0.1) is 0 Å². The Morgan fingerprint density at radius 1 is 1.26 bits per heavy atom. The SMILES string of the molecule is CN(C)C=O.Cc1cc2oc(C(=O)Nc3nc(-c4ccc(I)o4)ns3)c(C)c2cc1Cl. The maximum Gasteiger partial charge on any atom is 0.293 e. The summed E-state index contributed by atoms with van der Waals surface area (Å²) in [6.07, 6.45) is 0.750. The van der Waals surface area contributed by atoms with E-state index >= 15 is 0 Å². The number of hydrogen-bond donors (Lipinski definition) is 1. The maximum absolute atomic E-state index is 12.6. The molecule has 0 aliphatic rings. The quantitative estimate of drug-likeness (QED) is 0.260. The minimum Gasteiger partial charge on any atom is -0.451 e. The molecule has 0 atom stereocenters. The minimum atomic E-state index is -0.385. The average Bonchev–Trinajstić information content (AvgIpc) is 3.43. The van der Waals surface area contributed by atoms with Gasteiger partial charge >= 0.3 is 0 Å². The fraction of sp³-hybridized carbons (Fsp3) is 0.200. The molecule has 11 heteroatoms. The van der Waals surface area contributed by atoms with Gasteiger partial charge in [-0.25, -0.2) is 0 Å². The first-order chi connectivity index (χ1) is 14.7. The lowest BCUT2D eigenvalue weighted by Crippen LogP contribution is -2.11. The van der Waals surface area contributed by atoms with Crippen molar-refractivity contribution in [3.8, 4) is 11.6 Å². The fourth-order valence-electron chi connectivity index (χ4n) is 2.52. The molecule has 1 N–H and O–H groups in total. The lowest BCUT2D eigenvalue weighted by atomic mass is 10.1. The monoisotopic (exact) mass is 572 g/mol. The smallest absolute Gasteiger partial charge is 0.293 e. The van der Waals surface area contributed by atoms with E-state index in [0.717, 1.165) is 38.2 Å². The van der Waals surface area contributed by atoms with Crippen LogP contribution in [-0.4, -0.2) is 40.7 Å². The highest BCUT2D eigenvalue weighted by molar-refractivity contribution is 14.1. The second-order valence-electron chi connectivity index (χ2n) is 6.70. The van der Waals surface area contributed by atoms with E-state index in [2.05, 4.69) is 37.3 Å². The molecule has 3 aromatic heterocycles. The van der Waals surface area contributed by atoms with Gasteiger partial charge in [0.15, 0.2) is 15.3 Å². The van der Waals surface area contributed by atoms with Gasteiger partial charge in [-0.2, -0.15) is 9.36 Å². The summed E-state index contributed by atoms with van der Waals surface area (Å²) in [6, 6.07) is 7.23. The standard InChI is InChI=1S/C17H11ClIN3O3S.C3H7NO/c1-7-5-12-9(6-10(7)18)8(2)14(25-12)16(23)21-17-20-15(22-26-17)11-3-4-13(19)24-11;1-4(2)3-5/h3-6H,1-2H3,(H,20,21,22,23);3H,1-2H3. The van der Waals surface area contributed by atoms with Crippen molar-refractivity contribution in [2.24, 2.45) is 0 Å². The maximum atomic E-state index is 12.6. The Morgan fingerprint density at radius 2 is 1.97 bits per heavy atom. The number of rotatable bonds is 4. The molecule has 0 aliphatic heterocycles. The van der Waals surface area contributed by atoms with Crippen LogP contribution in [0.25, 0.3) is 22.6 Å². The number of fused-ring (bicyclic) bond motifs is 1. The molecule has 0 unspecified atom stereocenters. The van der Waals surface area contributed by atoms with Gasteiger partial charge in [-0.3, -0.25) is 14.9 Å². The number of carbonyl (C=O) groups excluding carboxylic acids is 2. The summed E-state index contributed by atoms with van der Waals surface area (Å²) in [5.74, 6) is 0.822. The number of aromatic nitrogens is 2. The first kappa shape index (κ1) is 23.2. The molecule has 1 aromatic carbocycles. The number of amides is 2. The Labute approximate surface area is 200 Å². The predicted octanol–water partition coefficient (Wildman–Crippen LogP) is 5.38. The normalized spacial score (nSPS) is 10.5. The molecule has 0 spiro atoms. The van der Waals surface area contributed by atoms with Crippen molar-refractivity contribution in [2.75, 3.05) is 19.4 Å². The largest absolute Gasteiger partial charge is 0.451 e. The number of nitrogens with one attached hydrogen (secondary N) is 1. The van der Waals surface area contributed by atoms with Crippen LogP contribution in [0, 0.1) is 17.6 Å². The lowest BCUT2D eigenvalue weighted by Gasteiger charge is -1.98. The van der Waals surface area contributed by atoms with Crippen molar-refractivity contribution < 1.29 is 18.4 Å². The summed E-state index contributed by atoms with van der Waals surface area (Å²) in [5.41, 5.74) is 2.24. The van der Waals surface area contributed by atoms with E-state index in [1.54, 1.807) is 20.2 Å². The van der Waals surface area contributed by atoms with Crippen molar-refractivity contribution in [2.45, 2.75) is 13.8 Å². The number of nitrogens with zero attached hydrogens (tertiary/aromatic N) is 3. The molecule has 0 saturated heterocycles. The molecule has 8 nitrogen and oxygen atoms in total. The molecule has 0 aliphatic carbocycles. The highest BCUT2D eigenvalue weighted by Gasteiger charge is 2.20. The molecule has 0 bridgehead atoms. The van der Waals surface area contributed by atoms with Crippen molar-refractivity contribution in [3.63, 3.8) is 0 Å². The number of aryl methyl sites for hydroxylation is 2. The topological polar surface area (TPSA) is 101 Å². The average molecular weight is 573 g/mol. The molecule has 162 valence electrons. The van der Waals surface area contributed by atoms with Crippen LogP contribution in [0.3, 0.4) is 0 Å². The number of furan rings is 2. The van der Waals surface area contributed by atoms with Crippen LogP contribution in [0.4, 0.5) is 5.13 Å². The molecule has 0 radical (unpaired) electrons. The zero-order valence-electron chi connectivity index (χ0n) is 17.0. The van der Waals surface area contributed by atoms with Crippen molar-refractivity contribution in [3.05, 3.63) is 49.9 Å². The van der Waals surface area contributed by atoms with Gasteiger partial charge < -0.3 is 13.7 Å². The van der Waals surface area contributed by atoms with Crippen LogP contribution in [-0.2, 0) is 4.79 Å². The number of hydrogen-bond acceptors (Lipinski definition) is 7. The van der Waals surface area contributed by atoms with E-state index in [9.17, 15) is 9.59 Å². The second kappa shape index (κ2) is 9.79. The summed E-state index contributed by atoms with van der Waals surface area (Å²) >= 11 is 9.31. The van der Waals surface area contributed by atoms with Gasteiger partial charge in [0.2, 0.25) is 17.4 Å². The summed E-state index contributed by atoms with van der Waals surface area (Å²) in [5, 5.41) is 4.54. The Balaban J connectivity index is 0.000000491. The molecule has 0 saturated carbocycles. The Kier molecular flexibility index (Phi) is 7.34. The third-order valence-electron chi connectivity index (χ3n) is 4.07. The Hall–Kier alpha value is -2.44. The van der Waals surface area contributed by atoms with Crippen LogP contribution in [0.5, 0.6) is 0 Å². The molecule has 2 amide bonds. The van der Waals surface area contributed by atoms with Crippen LogP contribution < -0.4 is 5.32 Å². The highest BCUT2D eigenvalue weighted by Crippen LogP contribution is 2.31. The Morgan fingerprint density at radius 3 is 2.58 bits per heavy atom. The third kappa shape index (κ3) is 5.43. The van der Waals surface area contributed by atoms with Gasteiger partial charge in [0.1, 0.15) is 5.58 Å². The Bertz CT molecular complexity index is 1250. The van der Waals surface area contributed by atoms with E-state index in [-0.39, 0.29) is 11.7 Å². The molecule has 3 heterocycles. The molecule has 4 aromatic rings. The van der Waals surface area contributed by atoms with Gasteiger partial charge in [-0.1, -0.05) is 11.6 Å². The summed E-state index contributed by atoms with van der Waals surface area (Å²) in [6.45, 7) is 3.71. The van der Waals surface area contributed by atoms with Gasteiger partial charge in [0.25, 0.3) is 5.91 Å². The number of benzene rings is 1. The van der Waals surface area contributed by atoms with E-state index in [1.165, 1.54) is 4.90 Å². The van der Waals surface area contributed by atoms with E-state index in [0.29, 0.717) is 27.3 Å². The minimum absolute atomic E-state index is 0.228. The highest BCUT2D eigenvalue weighted by atomic mass is 127. The summed E-state index contributed by atoms with van der Waals surface area (Å²) < 4.78 is 16.2. The van der Waals surface area contributed by atoms with Crippen LogP contribution in [0.1, 0.15) is 21.7 Å². The fourth-order valence-corrected chi connectivity index (χ4v) is 3.67. The first-order valence-electron chi connectivity index (χ1n) is 8.91. The van der Waals surface area contributed by atoms with Crippen molar-refractivity contribution >= 4 is 74.1 Å². The van der Waals surface area contributed by atoms with Gasteiger partial charge in [-0.05, 0) is 66.3 Å². The molecule has 0 fully saturated rings. The second-order valence-corrected chi connectivity index (χ2v) is 8.93. The number of carbonyl (C=O) groups is 2. The van der Waals surface area contributed by atoms with Crippen LogP contribution >= 0.6 is 45.7 Å². The van der Waals surface area contributed by atoms with E-state index in [1.807, 2.05) is 32.0 Å². The van der Waals surface area contributed by atoms with E-state index < -0.39 is 0 Å². The van der Waals surface area contributed by atoms with Gasteiger partial charge in [0.05, 0.1) is 0 Å². The number of halogens is 2. The number of anilines is 1. The lowest BCUT2D eigenvalue weighted by molar-refractivity contribution is -0.115. The predicted molar refractivity (Wildman–Crippen MR) is 129 cm³/mol. The van der Waals surface area contributed by atoms with Gasteiger partial charge in [0, 0.05) is 41.6 Å². The molecular weight excluding hydrogens is 555 g/mol. The van der Waals surface area contributed by atoms with E-state index in [4.69, 9.17) is 20.4 Å². The van der Waals surface area contributed by atoms with Crippen LogP contribution in [0.15, 0.2) is 33.1 Å². The molecular formula is C20H18ClIN4O4S. The molecule has 31 heavy (non-hydrogen) atoms. The zero-order chi connectivity index (χ0) is 22.7.